The molecule has 0 radical (unpaired) electrons. The SMILES string of the molecule is Cc1c(-c2ccccc2)nc(Nc2ccccc2)c(C#N)c1C#N. The van der Waals surface area contributed by atoms with Crippen LogP contribution in [0.15, 0.2) is 60.7 Å². The molecule has 0 spiro atoms. The molecule has 0 saturated heterocycles. The van der Waals surface area contributed by atoms with Crippen molar-refractivity contribution in [3.8, 4) is 23.4 Å². The maximum absolute atomic E-state index is 9.54. The summed E-state index contributed by atoms with van der Waals surface area (Å²) in [6.07, 6.45) is 0. The highest BCUT2D eigenvalue weighted by Crippen LogP contribution is 2.30. The van der Waals surface area contributed by atoms with Crippen LogP contribution >= 0.6 is 0 Å². The van der Waals surface area contributed by atoms with E-state index in [1.807, 2.05) is 67.6 Å². The number of nitriles is 2. The lowest BCUT2D eigenvalue weighted by atomic mass is 9.98. The van der Waals surface area contributed by atoms with Crippen molar-refractivity contribution in [1.82, 2.24) is 4.98 Å². The average Bonchev–Trinajstić information content (AvgIpc) is 2.64. The molecule has 1 aromatic heterocycles. The molecule has 1 N–H and O–H groups in total. The second-order valence-electron chi connectivity index (χ2n) is 5.26. The quantitative estimate of drug-likeness (QED) is 0.770. The predicted octanol–water partition coefficient (Wildman–Crippen LogP) is 4.54. The van der Waals surface area contributed by atoms with E-state index >= 15 is 0 Å². The first kappa shape index (κ1) is 15.3. The highest BCUT2D eigenvalue weighted by molar-refractivity contribution is 5.75. The molecule has 0 aliphatic heterocycles. The summed E-state index contributed by atoms with van der Waals surface area (Å²) in [6, 6.07) is 23.4. The van der Waals surface area contributed by atoms with Crippen LogP contribution in [0.5, 0.6) is 0 Å². The van der Waals surface area contributed by atoms with E-state index in [0.717, 1.165) is 11.3 Å². The summed E-state index contributed by atoms with van der Waals surface area (Å²) >= 11 is 0. The molecule has 0 aliphatic rings. The fraction of sp³-hybridized carbons (Fsp3) is 0.0500. The monoisotopic (exact) mass is 310 g/mol. The van der Waals surface area contributed by atoms with Crippen molar-refractivity contribution < 1.29 is 0 Å². The first-order valence-corrected chi connectivity index (χ1v) is 7.47. The molecule has 3 aromatic rings. The lowest BCUT2D eigenvalue weighted by Gasteiger charge is -2.14. The van der Waals surface area contributed by atoms with Crippen molar-refractivity contribution in [2.45, 2.75) is 6.92 Å². The summed E-state index contributed by atoms with van der Waals surface area (Å²) in [5, 5.41) is 22.2. The molecule has 1 heterocycles. The zero-order valence-electron chi connectivity index (χ0n) is 13.1. The normalized spacial score (nSPS) is 9.79. The van der Waals surface area contributed by atoms with E-state index < -0.39 is 0 Å². The third-order valence-corrected chi connectivity index (χ3v) is 3.75. The van der Waals surface area contributed by atoms with Gasteiger partial charge in [-0.15, -0.1) is 0 Å². The second kappa shape index (κ2) is 6.64. The summed E-state index contributed by atoms with van der Waals surface area (Å²) in [7, 11) is 0. The molecular formula is C20H14N4. The summed E-state index contributed by atoms with van der Waals surface area (Å²) < 4.78 is 0. The maximum atomic E-state index is 9.54. The lowest BCUT2D eigenvalue weighted by molar-refractivity contribution is 1.22. The number of hydrogen-bond donors (Lipinski definition) is 1. The highest BCUT2D eigenvalue weighted by atomic mass is 15.0. The molecule has 0 amide bonds. The fourth-order valence-electron chi connectivity index (χ4n) is 2.55. The van der Waals surface area contributed by atoms with Crippen LogP contribution in [0.3, 0.4) is 0 Å². The Morgan fingerprint density at radius 3 is 2.00 bits per heavy atom. The first-order valence-electron chi connectivity index (χ1n) is 7.47. The van der Waals surface area contributed by atoms with Crippen molar-refractivity contribution >= 4 is 11.5 Å². The van der Waals surface area contributed by atoms with E-state index in [2.05, 4.69) is 22.4 Å². The van der Waals surface area contributed by atoms with Crippen molar-refractivity contribution in [3.63, 3.8) is 0 Å². The van der Waals surface area contributed by atoms with E-state index in [-0.39, 0.29) is 5.56 Å². The molecule has 3 rings (SSSR count). The van der Waals surface area contributed by atoms with Crippen LogP contribution in [-0.4, -0.2) is 4.98 Å². The standard InChI is InChI=1S/C20H14N4/c1-14-17(12-21)18(13-22)20(23-16-10-6-3-7-11-16)24-19(14)15-8-4-2-5-9-15/h2-11H,1H3,(H,23,24). The molecule has 0 unspecified atom stereocenters. The van der Waals surface area contributed by atoms with E-state index in [4.69, 9.17) is 0 Å². The van der Waals surface area contributed by atoms with E-state index in [1.165, 1.54) is 0 Å². The molecule has 4 nitrogen and oxygen atoms in total. The topological polar surface area (TPSA) is 72.5 Å². The van der Waals surface area contributed by atoms with Crippen LogP contribution in [-0.2, 0) is 0 Å². The molecule has 0 atom stereocenters. The van der Waals surface area contributed by atoms with Gasteiger partial charge in [0.2, 0.25) is 0 Å². The molecule has 0 fully saturated rings. The van der Waals surface area contributed by atoms with Gasteiger partial charge in [0.15, 0.2) is 0 Å². The minimum atomic E-state index is 0.263. The smallest absolute Gasteiger partial charge is 0.150 e. The Balaban J connectivity index is 2.21. The number of para-hydroxylation sites is 1. The summed E-state index contributed by atoms with van der Waals surface area (Å²) in [6.45, 7) is 1.82. The molecule has 4 heteroatoms. The van der Waals surface area contributed by atoms with Crippen LogP contribution in [0.4, 0.5) is 11.5 Å². The van der Waals surface area contributed by atoms with Gasteiger partial charge in [-0.3, -0.25) is 0 Å². The Hall–Kier alpha value is -3.63. The summed E-state index contributed by atoms with van der Waals surface area (Å²) in [4.78, 5) is 4.63. The number of aromatic nitrogens is 1. The van der Waals surface area contributed by atoms with Gasteiger partial charge in [-0.25, -0.2) is 4.98 Å². The fourth-order valence-corrected chi connectivity index (χ4v) is 2.55. The Bertz CT molecular complexity index is 949. The van der Waals surface area contributed by atoms with Gasteiger partial charge >= 0.3 is 0 Å². The minimum absolute atomic E-state index is 0.263. The van der Waals surface area contributed by atoms with Crippen molar-refractivity contribution in [1.29, 1.82) is 10.5 Å². The van der Waals surface area contributed by atoms with Gasteiger partial charge in [0, 0.05) is 11.3 Å². The molecule has 114 valence electrons. The van der Waals surface area contributed by atoms with Crippen molar-refractivity contribution in [2.75, 3.05) is 5.32 Å². The van der Waals surface area contributed by atoms with E-state index in [9.17, 15) is 10.5 Å². The summed E-state index contributed by atoms with van der Waals surface area (Å²) in [5.74, 6) is 0.393. The molecule has 2 aromatic carbocycles. The summed E-state index contributed by atoms with van der Waals surface area (Å²) in [5.41, 5.74) is 3.74. The lowest BCUT2D eigenvalue weighted by Crippen LogP contribution is -2.04. The first-order chi connectivity index (χ1) is 11.7. The third kappa shape index (κ3) is 2.82. The zero-order chi connectivity index (χ0) is 16.9. The zero-order valence-corrected chi connectivity index (χ0v) is 13.1. The number of nitrogens with zero attached hydrogens (tertiary/aromatic N) is 3. The highest BCUT2D eigenvalue weighted by Gasteiger charge is 2.18. The molecule has 0 aliphatic carbocycles. The van der Waals surface area contributed by atoms with Crippen LogP contribution in [0.1, 0.15) is 16.7 Å². The number of rotatable bonds is 3. The Kier molecular flexibility index (Phi) is 4.23. The number of hydrogen-bond acceptors (Lipinski definition) is 4. The third-order valence-electron chi connectivity index (χ3n) is 3.75. The van der Waals surface area contributed by atoms with Gasteiger partial charge < -0.3 is 5.32 Å². The molecule has 0 bridgehead atoms. The number of pyridine rings is 1. The van der Waals surface area contributed by atoms with Crippen LogP contribution < -0.4 is 5.32 Å². The Morgan fingerprint density at radius 2 is 1.42 bits per heavy atom. The van der Waals surface area contributed by atoms with E-state index in [0.29, 0.717) is 22.6 Å². The van der Waals surface area contributed by atoms with E-state index in [1.54, 1.807) is 0 Å². The maximum Gasteiger partial charge on any atom is 0.150 e. The number of benzene rings is 2. The molecule has 24 heavy (non-hydrogen) atoms. The second-order valence-corrected chi connectivity index (χ2v) is 5.26. The van der Waals surface area contributed by atoms with Crippen LogP contribution in [0.25, 0.3) is 11.3 Å². The van der Waals surface area contributed by atoms with Crippen molar-refractivity contribution in [2.24, 2.45) is 0 Å². The largest absolute Gasteiger partial charge is 0.339 e. The van der Waals surface area contributed by atoms with Crippen molar-refractivity contribution in [3.05, 3.63) is 77.4 Å². The van der Waals surface area contributed by atoms with Gasteiger partial charge in [-0.05, 0) is 24.6 Å². The predicted molar refractivity (Wildman–Crippen MR) is 93.6 cm³/mol. The Morgan fingerprint density at radius 1 is 0.833 bits per heavy atom. The Labute approximate surface area is 140 Å². The molecule has 0 saturated carbocycles. The number of nitrogens with one attached hydrogen (secondary N) is 1. The molecular weight excluding hydrogens is 296 g/mol. The van der Waals surface area contributed by atoms with Gasteiger partial charge in [-0.1, -0.05) is 48.5 Å². The minimum Gasteiger partial charge on any atom is -0.339 e. The van der Waals surface area contributed by atoms with Gasteiger partial charge in [0.05, 0.1) is 11.3 Å². The van der Waals surface area contributed by atoms with Gasteiger partial charge in [0.25, 0.3) is 0 Å². The average molecular weight is 310 g/mol. The number of anilines is 2. The van der Waals surface area contributed by atoms with Crippen LogP contribution in [0, 0.1) is 29.6 Å². The van der Waals surface area contributed by atoms with Crippen LogP contribution in [0.2, 0.25) is 0 Å². The van der Waals surface area contributed by atoms with Gasteiger partial charge in [0.1, 0.15) is 23.5 Å². The van der Waals surface area contributed by atoms with Gasteiger partial charge in [-0.2, -0.15) is 10.5 Å².